The summed E-state index contributed by atoms with van der Waals surface area (Å²) in [5.41, 5.74) is 0.244. The molecule has 19 heavy (non-hydrogen) atoms. The number of aliphatic hydroxyl groups excluding tert-OH is 1. The van der Waals surface area contributed by atoms with Crippen LogP contribution in [0.4, 0.5) is 13.2 Å². The number of benzene rings is 1. The quantitative estimate of drug-likeness (QED) is 0.856. The second-order valence-corrected chi connectivity index (χ2v) is 5.66. The van der Waals surface area contributed by atoms with Crippen molar-refractivity contribution in [2.24, 2.45) is 5.41 Å². The molecule has 0 aliphatic carbocycles. The van der Waals surface area contributed by atoms with E-state index in [1.807, 2.05) is 11.8 Å². The topological polar surface area (TPSA) is 23.5 Å². The summed E-state index contributed by atoms with van der Waals surface area (Å²) in [5.74, 6) is -3.74. The molecule has 1 atom stereocenters. The van der Waals surface area contributed by atoms with Crippen LogP contribution in [0.5, 0.6) is 0 Å². The van der Waals surface area contributed by atoms with Crippen molar-refractivity contribution in [3.63, 3.8) is 0 Å². The predicted octanol–water partition coefficient (Wildman–Crippen LogP) is 2.70. The molecule has 0 unspecified atom stereocenters. The van der Waals surface area contributed by atoms with Gasteiger partial charge in [-0.3, -0.25) is 4.90 Å². The molecule has 1 N–H and O–H groups in total. The number of aliphatic hydroxyl groups is 1. The zero-order valence-corrected chi connectivity index (χ0v) is 10.9. The number of likely N-dealkylation sites (tertiary alicyclic amines) is 1. The van der Waals surface area contributed by atoms with E-state index in [4.69, 9.17) is 0 Å². The van der Waals surface area contributed by atoms with Gasteiger partial charge in [0.15, 0.2) is 17.5 Å². The summed E-state index contributed by atoms with van der Waals surface area (Å²) in [5, 5.41) is 9.36. The average Bonchev–Trinajstić information content (AvgIpc) is 2.36. The number of rotatable bonds is 3. The maximum absolute atomic E-state index is 13.1. The van der Waals surface area contributed by atoms with Gasteiger partial charge in [0.1, 0.15) is 0 Å². The maximum atomic E-state index is 13.1. The Hall–Kier alpha value is -1.07. The van der Waals surface area contributed by atoms with Gasteiger partial charge in [-0.2, -0.15) is 0 Å². The van der Waals surface area contributed by atoms with E-state index < -0.39 is 17.5 Å². The van der Waals surface area contributed by atoms with Crippen LogP contribution in [0, 0.1) is 22.9 Å². The first kappa shape index (κ1) is 14.3. The standard InChI is InChI=1S/C14H18F3NO/c1-14(9-19)3-2-4-18(8-14)7-10-5-11(15)13(17)12(16)6-10/h5-6,19H,2-4,7-9H2,1H3/t14-/m0/s1. The van der Waals surface area contributed by atoms with Gasteiger partial charge in [0.05, 0.1) is 0 Å². The van der Waals surface area contributed by atoms with Crippen LogP contribution in [0.2, 0.25) is 0 Å². The second kappa shape index (κ2) is 5.51. The van der Waals surface area contributed by atoms with E-state index in [0.29, 0.717) is 18.7 Å². The first-order valence-electron chi connectivity index (χ1n) is 6.40. The van der Waals surface area contributed by atoms with Crippen molar-refractivity contribution >= 4 is 0 Å². The van der Waals surface area contributed by atoms with Gasteiger partial charge in [0.25, 0.3) is 0 Å². The molecule has 1 heterocycles. The zero-order valence-electron chi connectivity index (χ0n) is 10.9. The maximum Gasteiger partial charge on any atom is 0.194 e. The molecule has 0 radical (unpaired) electrons. The van der Waals surface area contributed by atoms with E-state index in [1.54, 1.807) is 0 Å². The van der Waals surface area contributed by atoms with Gasteiger partial charge in [-0.15, -0.1) is 0 Å². The van der Waals surface area contributed by atoms with E-state index in [-0.39, 0.29) is 12.0 Å². The molecule has 1 aromatic carbocycles. The molecule has 0 aromatic heterocycles. The fourth-order valence-corrected chi connectivity index (χ4v) is 2.65. The monoisotopic (exact) mass is 273 g/mol. The Bertz CT molecular complexity index is 443. The Morgan fingerprint density at radius 2 is 1.89 bits per heavy atom. The Morgan fingerprint density at radius 1 is 1.26 bits per heavy atom. The van der Waals surface area contributed by atoms with Crippen LogP contribution in [0.3, 0.4) is 0 Å². The third-order valence-electron chi connectivity index (χ3n) is 3.69. The number of hydrogen-bond donors (Lipinski definition) is 1. The summed E-state index contributed by atoms with van der Waals surface area (Å²) >= 11 is 0. The summed E-state index contributed by atoms with van der Waals surface area (Å²) in [4.78, 5) is 2.03. The van der Waals surface area contributed by atoms with Gasteiger partial charge < -0.3 is 5.11 Å². The van der Waals surface area contributed by atoms with Gasteiger partial charge in [-0.25, -0.2) is 13.2 Å². The third-order valence-corrected chi connectivity index (χ3v) is 3.69. The predicted molar refractivity (Wildman–Crippen MR) is 66.0 cm³/mol. The average molecular weight is 273 g/mol. The van der Waals surface area contributed by atoms with Crippen molar-refractivity contribution in [3.8, 4) is 0 Å². The van der Waals surface area contributed by atoms with E-state index in [9.17, 15) is 18.3 Å². The molecule has 1 aliphatic rings. The highest BCUT2D eigenvalue weighted by atomic mass is 19.2. The SMILES string of the molecule is C[C@]1(CO)CCCN(Cc2cc(F)c(F)c(F)c2)C1. The molecular weight excluding hydrogens is 255 g/mol. The lowest BCUT2D eigenvalue weighted by molar-refractivity contribution is 0.0428. The molecular formula is C14H18F3NO. The van der Waals surface area contributed by atoms with Crippen molar-refractivity contribution < 1.29 is 18.3 Å². The molecule has 1 aliphatic heterocycles. The number of piperidine rings is 1. The molecule has 5 heteroatoms. The van der Waals surface area contributed by atoms with Gasteiger partial charge >= 0.3 is 0 Å². The molecule has 0 saturated carbocycles. The number of nitrogens with zero attached hydrogens (tertiary/aromatic N) is 1. The molecule has 0 amide bonds. The minimum absolute atomic E-state index is 0.0929. The smallest absolute Gasteiger partial charge is 0.194 e. The van der Waals surface area contributed by atoms with Gasteiger partial charge in [0.2, 0.25) is 0 Å². The summed E-state index contributed by atoms with van der Waals surface area (Å²) in [6.07, 6.45) is 1.87. The van der Waals surface area contributed by atoms with Crippen molar-refractivity contribution in [2.75, 3.05) is 19.7 Å². The lowest BCUT2D eigenvalue weighted by Crippen LogP contribution is -2.43. The van der Waals surface area contributed by atoms with Crippen LogP contribution >= 0.6 is 0 Å². The first-order chi connectivity index (χ1) is 8.93. The van der Waals surface area contributed by atoms with Crippen molar-refractivity contribution in [1.29, 1.82) is 0 Å². The number of hydrogen-bond acceptors (Lipinski definition) is 2. The van der Waals surface area contributed by atoms with Gasteiger partial charge in [-0.05, 0) is 37.1 Å². The fraction of sp³-hybridized carbons (Fsp3) is 0.571. The summed E-state index contributed by atoms with van der Waals surface area (Å²) in [6.45, 7) is 3.94. The largest absolute Gasteiger partial charge is 0.396 e. The Morgan fingerprint density at radius 3 is 2.47 bits per heavy atom. The molecule has 0 spiro atoms. The Labute approximate surface area is 110 Å². The van der Waals surface area contributed by atoms with Crippen molar-refractivity contribution in [1.82, 2.24) is 4.90 Å². The highest BCUT2D eigenvalue weighted by Crippen LogP contribution is 2.29. The summed E-state index contributed by atoms with van der Waals surface area (Å²) < 4.78 is 39.1. The molecule has 1 saturated heterocycles. The van der Waals surface area contributed by atoms with Crippen LogP contribution in [0.1, 0.15) is 25.3 Å². The fourth-order valence-electron chi connectivity index (χ4n) is 2.65. The minimum atomic E-state index is -1.43. The second-order valence-electron chi connectivity index (χ2n) is 5.66. The molecule has 2 rings (SSSR count). The Balaban J connectivity index is 2.09. The lowest BCUT2D eigenvalue weighted by atomic mass is 9.82. The van der Waals surface area contributed by atoms with Crippen LogP contribution in [-0.4, -0.2) is 29.7 Å². The van der Waals surface area contributed by atoms with E-state index in [0.717, 1.165) is 31.5 Å². The van der Waals surface area contributed by atoms with E-state index >= 15 is 0 Å². The number of halogens is 3. The van der Waals surface area contributed by atoms with Crippen LogP contribution in [0.15, 0.2) is 12.1 Å². The van der Waals surface area contributed by atoms with E-state index in [2.05, 4.69) is 0 Å². The minimum Gasteiger partial charge on any atom is -0.396 e. The zero-order chi connectivity index (χ0) is 14.0. The van der Waals surface area contributed by atoms with Gasteiger partial charge in [0, 0.05) is 25.1 Å². The molecule has 1 aromatic rings. The first-order valence-corrected chi connectivity index (χ1v) is 6.40. The highest BCUT2D eigenvalue weighted by molar-refractivity contribution is 5.19. The van der Waals surface area contributed by atoms with Crippen LogP contribution in [-0.2, 0) is 6.54 Å². The molecule has 106 valence electrons. The molecule has 1 fully saturated rings. The lowest BCUT2D eigenvalue weighted by Gasteiger charge is -2.39. The van der Waals surface area contributed by atoms with E-state index in [1.165, 1.54) is 0 Å². The Kier molecular flexibility index (Phi) is 4.16. The normalized spacial score (nSPS) is 24.7. The van der Waals surface area contributed by atoms with Crippen LogP contribution in [0.25, 0.3) is 0 Å². The highest BCUT2D eigenvalue weighted by Gasteiger charge is 2.30. The van der Waals surface area contributed by atoms with Gasteiger partial charge in [-0.1, -0.05) is 6.92 Å². The van der Waals surface area contributed by atoms with Crippen molar-refractivity contribution in [3.05, 3.63) is 35.1 Å². The third kappa shape index (κ3) is 3.28. The summed E-state index contributed by atoms with van der Waals surface area (Å²) in [7, 11) is 0. The summed E-state index contributed by atoms with van der Waals surface area (Å²) in [6, 6.07) is 2.06. The molecule has 2 nitrogen and oxygen atoms in total. The van der Waals surface area contributed by atoms with Crippen LogP contribution < -0.4 is 0 Å². The van der Waals surface area contributed by atoms with Crippen molar-refractivity contribution in [2.45, 2.75) is 26.3 Å². The molecule has 0 bridgehead atoms.